The Hall–Kier alpha value is -2.57. The van der Waals surface area contributed by atoms with Gasteiger partial charge < -0.3 is 10.2 Å². The van der Waals surface area contributed by atoms with Crippen molar-refractivity contribution >= 4 is 35.1 Å². The average Bonchev–Trinajstić information content (AvgIpc) is 2.86. The summed E-state index contributed by atoms with van der Waals surface area (Å²) in [7, 11) is 2.10. The molecule has 0 bridgehead atoms. The standard InChI is InChI=1S/C26H29ClN4OS/c1-31(22-13-6-3-7-14-22)24-16-23(27)29-26(30-24)33-18-20-11-8-12-21(15-20)25(32)28-17-19-9-4-2-5-10-19/h2,4-5,8-12,15-16,22H,3,6-7,13-14,17-18H2,1H3,(H,28,32). The number of carbonyl (C=O) groups is 1. The topological polar surface area (TPSA) is 58.1 Å². The van der Waals surface area contributed by atoms with Crippen molar-refractivity contribution in [2.45, 2.75) is 55.6 Å². The maximum atomic E-state index is 12.6. The van der Waals surface area contributed by atoms with Crippen molar-refractivity contribution in [1.82, 2.24) is 15.3 Å². The van der Waals surface area contributed by atoms with Gasteiger partial charge in [0.15, 0.2) is 5.16 Å². The number of benzene rings is 2. The third-order valence-electron chi connectivity index (χ3n) is 6.00. The van der Waals surface area contributed by atoms with Gasteiger partial charge in [0, 0.05) is 37.0 Å². The monoisotopic (exact) mass is 480 g/mol. The molecule has 1 saturated carbocycles. The third kappa shape index (κ3) is 6.71. The molecule has 0 saturated heterocycles. The minimum atomic E-state index is -0.0823. The summed E-state index contributed by atoms with van der Waals surface area (Å²) in [6.45, 7) is 0.506. The highest BCUT2D eigenvalue weighted by Crippen LogP contribution is 2.29. The quantitative estimate of drug-likeness (QED) is 0.239. The molecule has 0 radical (unpaired) electrons. The molecule has 0 unspecified atom stereocenters. The van der Waals surface area contributed by atoms with Crippen LogP contribution in [0.2, 0.25) is 5.15 Å². The number of nitrogens with zero attached hydrogens (tertiary/aromatic N) is 3. The Labute approximate surface area is 205 Å². The van der Waals surface area contributed by atoms with Gasteiger partial charge in [-0.3, -0.25) is 4.79 Å². The van der Waals surface area contributed by atoms with Crippen molar-refractivity contribution in [1.29, 1.82) is 0 Å². The molecule has 1 aromatic heterocycles. The van der Waals surface area contributed by atoms with Crippen LogP contribution in [-0.2, 0) is 12.3 Å². The second-order valence-electron chi connectivity index (χ2n) is 8.39. The summed E-state index contributed by atoms with van der Waals surface area (Å²) in [5.74, 6) is 1.45. The molecule has 0 atom stereocenters. The van der Waals surface area contributed by atoms with E-state index in [1.54, 1.807) is 0 Å². The fraction of sp³-hybridized carbons (Fsp3) is 0.346. The van der Waals surface area contributed by atoms with Crippen molar-refractivity contribution in [3.8, 4) is 0 Å². The van der Waals surface area contributed by atoms with Crippen LogP contribution in [0.5, 0.6) is 0 Å². The summed E-state index contributed by atoms with van der Waals surface area (Å²) in [5.41, 5.74) is 2.76. The number of amides is 1. The first-order valence-corrected chi connectivity index (χ1v) is 12.8. The van der Waals surface area contributed by atoms with Gasteiger partial charge in [0.1, 0.15) is 11.0 Å². The van der Waals surface area contributed by atoms with Crippen LogP contribution in [0.4, 0.5) is 5.82 Å². The number of hydrogen-bond acceptors (Lipinski definition) is 5. The van der Waals surface area contributed by atoms with Crippen molar-refractivity contribution in [2.24, 2.45) is 0 Å². The lowest BCUT2D eigenvalue weighted by molar-refractivity contribution is 0.0951. The maximum absolute atomic E-state index is 12.6. The van der Waals surface area contributed by atoms with Crippen molar-refractivity contribution in [3.05, 3.63) is 82.5 Å². The molecule has 1 aliphatic rings. The van der Waals surface area contributed by atoms with Crippen LogP contribution in [0.25, 0.3) is 0 Å². The molecule has 33 heavy (non-hydrogen) atoms. The van der Waals surface area contributed by atoms with E-state index >= 15 is 0 Å². The molecule has 2 aromatic carbocycles. The van der Waals surface area contributed by atoms with E-state index in [0.717, 1.165) is 16.9 Å². The molecule has 3 aromatic rings. The van der Waals surface area contributed by atoms with Crippen LogP contribution < -0.4 is 10.2 Å². The molecule has 1 amide bonds. The molecular weight excluding hydrogens is 452 g/mol. The summed E-state index contributed by atoms with van der Waals surface area (Å²) in [6.07, 6.45) is 6.24. The number of hydrogen-bond donors (Lipinski definition) is 1. The molecule has 0 spiro atoms. The maximum Gasteiger partial charge on any atom is 0.251 e. The largest absolute Gasteiger partial charge is 0.357 e. The Morgan fingerprint density at radius 2 is 1.79 bits per heavy atom. The Bertz CT molecular complexity index is 1070. The van der Waals surface area contributed by atoms with Crippen LogP contribution in [0.1, 0.15) is 53.6 Å². The number of anilines is 1. The van der Waals surface area contributed by atoms with Crippen LogP contribution >= 0.6 is 23.4 Å². The normalized spacial score (nSPS) is 14.1. The first kappa shape index (κ1) is 23.6. The zero-order chi connectivity index (χ0) is 23.0. The molecule has 4 rings (SSSR count). The number of carbonyl (C=O) groups excluding carboxylic acids is 1. The van der Waals surface area contributed by atoms with Crippen LogP contribution in [-0.4, -0.2) is 29.0 Å². The van der Waals surface area contributed by atoms with Crippen LogP contribution in [0.3, 0.4) is 0 Å². The molecule has 7 heteroatoms. The Balaban J connectivity index is 1.38. The highest BCUT2D eigenvalue weighted by molar-refractivity contribution is 7.98. The molecule has 172 valence electrons. The second-order valence-corrected chi connectivity index (χ2v) is 9.72. The van der Waals surface area contributed by atoms with E-state index in [2.05, 4.69) is 22.2 Å². The van der Waals surface area contributed by atoms with Gasteiger partial charge in [-0.25, -0.2) is 9.97 Å². The SMILES string of the molecule is CN(c1cc(Cl)nc(SCc2cccc(C(=O)NCc3ccccc3)c2)n1)C1CCCCC1. The minimum Gasteiger partial charge on any atom is -0.357 e. The fourth-order valence-electron chi connectivity index (χ4n) is 4.12. The van der Waals surface area contributed by atoms with E-state index < -0.39 is 0 Å². The van der Waals surface area contributed by atoms with Gasteiger partial charge in [0.05, 0.1) is 0 Å². The molecule has 1 fully saturated rings. The molecular formula is C26H29ClN4OS. The fourth-order valence-corrected chi connectivity index (χ4v) is 5.14. The predicted molar refractivity (Wildman–Crippen MR) is 136 cm³/mol. The molecule has 1 aliphatic carbocycles. The zero-order valence-electron chi connectivity index (χ0n) is 18.8. The number of aromatic nitrogens is 2. The summed E-state index contributed by atoms with van der Waals surface area (Å²) in [5, 5.41) is 4.09. The van der Waals surface area contributed by atoms with E-state index in [1.165, 1.54) is 43.9 Å². The number of halogens is 1. The minimum absolute atomic E-state index is 0.0823. The first-order chi connectivity index (χ1) is 16.1. The van der Waals surface area contributed by atoms with Crippen molar-refractivity contribution in [3.63, 3.8) is 0 Å². The number of nitrogens with one attached hydrogen (secondary N) is 1. The van der Waals surface area contributed by atoms with E-state index in [9.17, 15) is 4.79 Å². The Morgan fingerprint density at radius 1 is 1.03 bits per heavy atom. The van der Waals surface area contributed by atoms with E-state index in [0.29, 0.717) is 34.2 Å². The smallest absolute Gasteiger partial charge is 0.251 e. The van der Waals surface area contributed by atoms with Gasteiger partial charge in [0.2, 0.25) is 0 Å². The molecule has 5 nitrogen and oxygen atoms in total. The van der Waals surface area contributed by atoms with Gasteiger partial charge in [0.25, 0.3) is 5.91 Å². The zero-order valence-corrected chi connectivity index (χ0v) is 20.4. The van der Waals surface area contributed by atoms with Crippen molar-refractivity contribution < 1.29 is 4.79 Å². The summed E-state index contributed by atoms with van der Waals surface area (Å²) < 4.78 is 0. The third-order valence-corrected chi connectivity index (χ3v) is 7.11. The van der Waals surface area contributed by atoms with Crippen LogP contribution in [0.15, 0.2) is 65.8 Å². The predicted octanol–water partition coefficient (Wildman–Crippen LogP) is 6.12. The first-order valence-electron chi connectivity index (χ1n) is 11.4. The lowest BCUT2D eigenvalue weighted by Gasteiger charge is -2.32. The lowest BCUT2D eigenvalue weighted by atomic mass is 9.94. The van der Waals surface area contributed by atoms with Crippen LogP contribution in [0, 0.1) is 0 Å². The molecule has 0 aliphatic heterocycles. The summed E-state index contributed by atoms with van der Waals surface area (Å²) in [6, 6.07) is 19.9. The Kier molecular flexibility index (Phi) is 8.24. The van der Waals surface area contributed by atoms with Gasteiger partial charge in [-0.2, -0.15) is 0 Å². The van der Waals surface area contributed by atoms with E-state index in [4.69, 9.17) is 16.6 Å². The van der Waals surface area contributed by atoms with E-state index in [-0.39, 0.29) is 5.91 Å². The van der Waals surface area contributed by atoms with Crippen molar-refractivity contribution in [2.75, 3.05) is 11.9 Å². The lowest BCUT2D eigenvalue weighted by Crippen LogP contribution is -2.34. The van der Waals surface area contributed by atoms with E-state index in [1.807, 2.05) is 60.7 Å². The van der Waals surface area contributed by atoms with Gasteiger partial charge in [-0.1, -0.05) is 85.1 Å². The van der Waals surface area contributed by atoms with Gasteiger partial charge >= 0.3 is 0 Å². The second kappa shape index (κ2) is 11.5. The Morgan fingerprint density at radius 3 is 2.58 bits per heavy atom. The highest BCUT2D eigenvalue weighted by Gasteiger charge is 2.20. The number of rotatable bonds is 8. The summed E-state index contributed by atoms with van der Waals surface area (Å²) >= 11 is 7.85. The molecule has 1 N–H and O–H groups in total. The molecule has 1 heterocycles. The highest BCUT2D eigenvalue weighted by atomic mass is 35.5. The van der Waals surface area contributed by atoms with Gasteiger partial charge in [-0.15, -0.1) is 0 Å². The van der Waals surface area contributed by atoms with Gasteiger partial charge in [-0.05, 0) is 36.1 Å². The average molecular weight is 481 g/mol. The summed E-state index contributed by atoms with van der Waals surface area (Å²) in [4.78, 5) is 24.0. The number of thioether (sulfide) groups is 1.